The highest BCUT2D eigenvalue weighted by molar-refractivity contribution is 5.78. The third-order valence-corrected chi connectivity index (χ3v) is 2.47. The highest BCUT2D eigenvalue weighted by Crippen LogP contribution is 2.32. The van der Waals surface area contributed by atoms with Crippen LogP contribution in [0.5, 0.6) is 5.75 Å². The summed E-state index contributed by atoms with van der Waals surface area (Å²) in [7, 11) is 1.19. The van der Waals surface area contributed by atoms with E-state index < -0.39 is 23.8 Å². The molecule has 2 N–H and O–H groups in total. The van der Waals surface area contributed by atoms with E-state index in [1.54, 1.807) is 0 Å². The molecule has 0 radical (unpaired) electrons. The van der Waals surface area contributed by atoms with Crippen LogP contribution in [-0.4, -0.2) is 25.6 Å². The van der Waals surface area contributed by atoms with Gasteiger partial charge in [-0.05, 0) is 24.6 Å². The average Bonchev–Trinajstić information content (AvgIpc) is 2.38. The number of alkyl halides is 2. The molecule has 0 spiro atoms. The van der Waals surface area contributed by atoms with E-state index in [0.717, 1.165) is 18.2 Å². The lowest BCUT2D eigenvalue weighted by Gasteiger charge is -2.22. The van der Waals surface area contributed by atoms with Crippen molar-refractivity contribution in [3.8, 4) is 5.75 Å². The molecule has 1 aromatic rings. The largest absolute Gasteiger partial charge is 0.494 e. The maximum atomic E-state index is 13.7. The predicted octanol–water partition coefficient (Wildman–Crippen LogP) is 2.03. The summed E-state index contributed by atoms with van der Waals surface area (Å²) in [5.74, 6) is -6.56. The van der Waals surface area contributed by atoms with E-state index in [4.69, 9.17) is 5.73 Å². The van der Waals surface area contributed by atoms with Crippen molar-refractivity contribution in [2.75, 3.05) is 13.7 Å². The molecule has 0 aliphatic heterocycles. The first-order valence-electron chi connectivity index (χ1n) is 5.48. The zero-order chi connectivity index (χ0) is 14.6. The van der Waals surface area contributed by atoms with Crippen LogP contribution in [0.3, 0.4) is 0 Å². The topological polar surface area (TPSA) is 61.5 Å². The van der Waals surface area contributed by atoms with Crippen LogP contribution in [0.4, 0.5) is 13.2 Å². The number of rotatable bonds is 5. The lowest BCUT2D eigenvalue weighted by atomic mass is 10.0. The number of hydrogen-bond acceptors (Lipinski definition) is 4. The van der Waals surface area contributed by atoms with Crippen molar-refractivity contribution in [2.45, 2.75) is 18.9 Å². The Bertz CT molecular complexity index is 466. The molecular weight excluding hydrogens is 263 g/mol. The second-order valence-corrected chi connectivity index (χ2v) is 3.72. The monoisotopic (exact) mass is 277 g/mol. The fourth-order valence-electron chi connectivity index (χ4n) is 1.43. The number of carbonyl (C=O) groups excluding carboxylic acids is 1. The number of halogens is 3. The van der Waals surface area contributed by atoms with Gasteiger partial charge in [0.25, 0.3) is 0 Å². The fourth-order valence-corrected chi connectivity index (χ4v) is 1.43. The van der Waals surface area contributed by atoms with E-state index in [0.29, 0.717) is 0 Å². The molecule has 1 atom stereocenters. The van der Waals surface area contributed by atoms with Crippen molar-refractivity contribution < 1.29 is 27.4 Å². The number of benzene rings is 1. The number of nitrogens with two attached hydrogens (primary N) is 1. The zero-order valence-corrected chi connectivity index (χ0v) is 10.5. The Hall–Kier alpha value is -1.76. The number of esters is 1. The van der Waals surface area contributed by atoms with Crippen molar-refractivity contribution >= 4 is 5.97 Å². The summed E-state index contributed by atoms with van der Waals surface area (Å²) in [6, 6.07) is 1.08. The summed E-state index contributed by atoms with van der Waals surface area (Å²) in [6.45, 7) is 1.22. The summed E-state index contributed by atoms with van der Waals surface area (Å²) in [5, 5.41) is 0. The van der Waals surface area contributed by atoms with Crippen LogP contribution in [0.15, 0.2) is 18.2 Å². The fraction of sp³-hybridized carbons (Fsp3) is 0.417. The molecule has 19 heavy (non-hydrogen) atoms. The maximum Gasteiger partial charge on any atom is 0.379 e. The molecule has 0 amide bonds. The Morgan fingerprint density at radius 2 is 2.11 bits per heavy atom. The number of carbonyl (C=O) groups is 1. The molecule has 7 heteroatoms. The van der Waals surface area contributed by atoms with E-state index in [2.05, 4.69) is 9.47 Å². The molecule has 4 nitrogen and oxygen atoms in total. The van der Waals surface area contributed by atoms with Gasteiger partial charge in [-0.15, -0.1) is 0 Å². The lowest BCUT2D eigenvalue weighted by Crippen LogP contribution is -2.41. The van der Waals surface area contributed by atoms with Gasteiger partial charge >= 0.3 is 11.9 Å². The molecule has 0 fully saturated rings. The normalized spacial score (nSPS) is 12.9. The van der Waals surface area contributed by atoms with Gasteiger partial charge < -0.3 is 15.2 Å². The highest BCUT2D eigenvalue weighted by atomic mass is 19.3. The SMILES string of the molecule is CCOC(=O)C(F)(F)[C@H](N)c1ccc(F)c(OC)c1. The van der Waals surface area contributed by atoms with Crippen LogP contribution in [0.1, 0.15) is 18.5 Å². The van der Waals surface area contributed by atoms with Crippen LogP contribution in [-0.2, 0) is 9.53 Å². The van der Waals surface area contributed by atoms with Gasteiger partial charge in [0, 0.05) is 0 Å². The van der Waals surface area contributed by atoms with Crippen LogP contribution in [0.25, 0.3) is 0 Å². The molecule has 0 saturated heterocycles. The Kier molecular flexibility index (Phi) is 4.77. The van der Waals surface area contributed by atoms with Crippen LogP contribution >= 0.6 is 0 Å². The number of methoxy groups -OCH3 is 1. The third kappa shape index (κ3) is 3.17. The molecule has 0 aliphatic rings. The molecule has 0 aromatic heterocycles. The third-order valence-electron chi connectivity index (χ3n) is 2.47. The van der Waals surface area contributed by atoms with Crippen LogP contribution < -0.4 is 10.5 Å². The first-order chi connectivity index (χ1) is 8.84. The van der Waals surface area contributed by atoms with Crippen molar-refractivity contribution in [1.82, 2.24) is 0 Å². The van der Waals surface area contributed by atoms with Gasteiger partial charge in [-0.3, -0.25) is 0 Å². The van der Waals surface area contributed by atoms with Gasteiger partial charge in [-0.25, -0.2) is 9.18 Å². The van der Waals surface area contributed by atoms with Crippen LogP contribution in [0, 0.1) is 5.82 Å². The standard InChI is InChI=1S/C12H14F3NO3/c1-3-19-11(17)12(14,15)10(16)7-4-5-8(13)9(6-7)18-2/h4-6,10H,3,16H2,1-2H3/t10-/m1/s1. The minimum Gasteiger partial charge on any atom is -0.494 e. The maximum absolute atomic E-state index is 13.7. The molecule has 0 heterocycles. The summed E-state index contributed by atoms with van der Waals surface area (Å²) in [4.78, 5) is 11.1. The van der Waals surface area contributed by atoms with Gasteiger partial charge in [-0.2, -0.15) is 8.78 Å². The second-order valence-electron chi connectivity index (χ2n) is 3.72. The van der Waals surface area contributed by atoms with Gasteiger partial charge in [-0.1, -0.05) is 6.07 Å². The van der Waals surface area contributed by atoms with Crippen molar-refractivity contribution in [3.63, 3.8) is 0 Å². The Morgan fingerprint density at radius 1 is 1.47 bits per heavy atom. The number of ether oxygens (including phenoxy) is 2. The van der Waals surface area contributed by atoms with Crippen molar-refractivity contribution in [3.05, 3.63) is 29.6 Å². The summed E-state index contributed by atoms with van der Waals surface area (Å²) >= 11 is 0. The molecule has 0 bridgehead atoms. The van der Waals surface area contributed by atoms with E-state index in [1.165, 1.54) is 14.0 Å². The van der Waals surface area contributed by atoms with Gasteiger partial charge in [0.2, 0.25) is 0 Å². The number of hydrogen-bond donors (Lipinski definition) is 1. The Morgan fingerprint density at radius 3 is 2.63 bits per heavy atom. The smallest absolute Gasteiger partial charge is 0.379 e. The first-order valence-corrected chi connectivity index (χ1v) is 5.48. The quantitative estimate of drug-likeness (QED) is 0.836. The molecular formula is C12H14F3NO3. The lowest BCUT2D eigenvalue weighted by molar-refractivity contribution is -0.174. The van der Waals surface area contributed by atoms with Crippen molar-refractivity contribution in [2.24, 2.45) is 5.73 Å². The Labute approximate surface area is 108 Å². The summed E-state index contributed by atoms with van der Waals surface area (Å²) in [6.07, 6.45) is 0. The van der Waals surface area contributed by atoms with Crippen LogP contribution in [0.2, 0.25) is 0 Å². The second kappa shape index (κ2) is 5.92. The van der Waals surface area contributed by atoms with E-state index in [1.807, 2.05) is 0 Å². The molecule has 1 rings (SSSR count). The predicted molar refractivity (Wildman–Crippen MR) is 61.5 cm³/mol. The molecule has 0 aliphatic carbocycles. The first kappa shape index (κ1) is 15.3. The molecule has 106 valence electrons. The van der Waals surface area contributed by atoms with Crippen molar-refractivity contribution in [1.29, 1.82) is 0 Å². The van der Waals surface area contributed by atoms with Gasteiger partial charge in [0.1, 0.15) is 6.04 Å². The highest BCUT2D eigenvalue weighted by Gasteiger charge is 2.47. The molecule has 1 aromatic carbocycles. The minimum atomic E-state index is -3.90. The van der Waals surface area contributed by atoms with E-state index in [-0.39, 0.29) is 17.9 Å². The molecule has 0 saturated carbocycles. The Balaban J connectivity index is 3.05. The minimum absolute atomic E-state index is 0.128. The zero-order valence-electron chi connectivity index (χ0n) is 10.5. The summed E-state index contributed by atoms with van der Waals surface area (Å²) < 4.78 is 49.5. The van der Waals surface area contributed by atoms with Gasteiger partial charge in [0.15, 0.2) is 11.6 Å². The van der Waals surface area contributed by atoms with E-state index >= 15 is 0 Å². The van der Waals surface area contributed by atoms with Gasteiger partial charge in [0.05, 0.1) is 13.7 Å². The average molecular weight is 277 g/mol. The van der Waals surface area contributed by atoms with E-state index in [9.17, 15) is 18.0 Å². The summed E-state index contributed by atoms with van der Waals surface area (Å²) in [5.41, 5.74) is 5.22. The molecule has 0 unspecified atom stereocenters.